The van der Waals surface area contributed by atoms with Crippen LogP contribution >= 0.6 is 11.8 Å². The maximum atomic E-state index is 6.16. The number of thioether (sulfide) groups is 1. The van der Waals surface area contributed by atoms with Gasteiger partial charge >= 0.3 is 0 Å². The Morgan fingerprint density at radius 1 is 0.815 bits per heavy atom. The van der Waals surface area contributed by atoms with E-state index in [1.54, 1.807) is 18.9 Å². The molecule has 0 saturated carbocycles. The molecule has 0 aliphatic heterocycles. The molecule has 27 heavy (non-hydrogen) atoms. The van der Waals surface area contributed by atoms with E-state index in [1.807, 2.05) is 66.7 Å². The average molecular weight is 373 g/mol. The molecule has 0 fully saturated rings. The number of hydrogen-bond acceptors (Lipinski definition) is 4. The first-order valence-electron chi connectivity index (χ1n) is 8.71. The summed E-state index contributed by atoms with van der Waals surface area (Å²) in [7, 11) is 1.69. The topological polar surface area (TPSA) is 35.3 Å². The predicted octanol–water partition coefficient (Wildman–Crippen LogP) is 6.31. The van der Waals surface area contributed by atoms with E-state index < -0.39 is 0 Å². The molecule has 3 nitrogen and oxygen atoms in total. The highest BCUT2D eigenvalue weighted by atomic mass is 32.2. The van der Waals surface area contributed by atoms with Crippen molar-refractivity contribution in [3.63, 3.8) is 0 Å². The van der Waals surface area contributed by atoms with Gasteiger partial charge in [-0.3, -0.25) is 0 Å². The van der Waals surface area contributed by atoms with Gasteiger partial charge in [0.1, 0.15) is 11.4 Å². The summed E-state index contributed by atoms with van der Waals surface area (Å²) < 4.78 is 11.6. The lowest BCUT2D eigenvalue weighted by atomic mass is 10.1. The van der Waals surface area contributed by atoms with Crippen molar-refractivity contribution in [2.45, 2.75) is 11.0 Å². The first-order valence-corrected chi connectivity index (χ1v) is 9.70. The Hall–Kier alpha value is -2.98. The van der Waals surface area contributed by atoms with Gasteiger partial charge in [-0.1, -0.05) is 90.6 Å². The van der Waals surface area contributed by atoms with Gasteiger partial charge in [-0.05, 0) is 6.07 Å². The van der Waals surface area contributed by atoms with E-state index in [0.29, 0.717) is 5.22 Å². The summed E-state index contributed by atoms with van der Waals surface area (Å²) in [6, 6.07) is 28.3. The second-order valence-corrected chi connectivity index (χ2v) is 6.92. The summed E-state index contributed by atoms with van der Waals surface area (Å²) in [6.45, 7) is 0. The summed E-state index contributed by atoms with van der Waals surface area (Å²) in [5.41, 5.74) is 4.05. The van der Waals surface area contributed by atoms with Gasteiger partial charge in [0.2, 0.25) is 0 Å². The van der Waals surface area contributed by atoms with Gasteiger partial charge in [0, 0.05) is 22.4 Å². The minimum Gasteiger partial charge on any atom is -0.496 e. The van der Waals surface area contributed by atoms with Gasteiger partial charge in [0.25, 0.3) is 5.22 Å². The molecule has 0 radical (unpaired) electrons. The van der Waals surface area contributed by atoms with Crippen molar-refractivity contribution >= 4 is 11.8 Å². The number of para-hydroxylation sites is 1. The minimum atomic E-state index is 0.651. The Balaban J connectivity index is 1.67. The first kappa shape index (κ1) is 17.4. The monoisotopic (exact) mass is 373 g/mol. The third kappa shape index (κ3) is 3.91. The SMILES string of the molecule is COc1ccccc1CSc1nc(-c2ccccc2)c(-c2ccccc2)o1. The van der Waals surface area contributed by atoms with Gasteiger partial charge in [0.05, 0.1) is 7.11 Å². The Labute approximate surface area is 163 Å². The van der Waals surface area contributed by atoms with Crippen LogP contribution in [0.15, 0.2) is 94.6 Å². The fraction of sp³-hybridized carbons (Fsp3) is 0.0870. The minimum absolute atomic E-state index is 0.651. The molecule has 1 aromatic heterocycles. The molecule has 0 amide bonds. The van der Waals surface area contributed by atoms with Crippen LogP contribution in [0.2, 0.25) is 0 Å². The summed E-state index contributed by atoms with van der Waals surface area (Å²) in [5, 5.41) is 0.651. The van der Waals surface area contributed by atoms with Gasteiger partial charge < -0.3 is 9.15 Å². The summed E-state index contributed by atoms with van der Waals surface area (Å²) in [6.07, 6.45) is 0. The van der Waals surface area contributed by atoms with Gasteiger partial charge in [0.15, 0.2) is 5.76 Å². The third-order valence-corrected chi connectivity index (χ3v) is 5.11. The largest absolute Gasteiger partial charge is 0.496 e. The van der Waals surface area contributed by atoms with Crippen LogP contribution in [-0.2, 0) is 5.75 Å². The number of hydrogen-bond donors (Lipinski definition) is 0. The molecule has 4 aromatic rings. The number of ether oxygens (including phenoxy) is 1. The van der Waals surface area contributed by atoms with Crippen LogP contribution in [0, 0.1) is 0 Å². The first-order chi connectivity index (χ1) is 13.3. The van der Waals surface area contributed by atoms with Gasteiger partial charge in [-0.25, -0.2) is 4.98 Å². The van der Waals surface area contributed by atoms with Crippen molar-refractivity contribution in [2.24, 2.45) is 0 Å². The molecule has 3 aromatic carbocycles. The van der Waals surface area contributed by atoms with E-state index >= 15 is 0 Å². The Morgan fingerprint density at radius 3 is 2.15 bits per heavy atom. The summed E-state index contributed by atoms with van der Waals surface area (Å²) in [5.74, 6) is 2.40. The number of rotatable bonds is 6. The van der Waals surface area contributed by atoms with Gasteiger partial charge in [-0.2, -0.15) is 0 Å². The molecule has 0 aliphatic carbocycles. The smallest absolute Gasteiger partial charge is 0.257 e. The average Bonchev–Trinajstić information content (AvgIpc) is 3.18. The standard InChI is InChI=1S/C23H19NO2S/c1-25-20-15-9-8-14-19(20)16-27-23-24-21(17-10-4-2-5-11-17)22(26-23)18-12-6-3-7-13-18/h2-15H,16H2,1H3. The Morgan fingerprint density at radius 2 is 1.44 bits per heavy atom. The molecular weight excluding hydrogens is 354 g/mol. The molecule has 4 rings (SSSR count). The van der Waals surface area contributed by atoms with Crippen LogP contribution in [0.5, 0.6) is 5.75 Å². The zero-order valence-corrected chi connectivity index (χ0v) is 15.8. The number of aromatic nitrogens is 1. The van der Waals surface area contributed by atoms with Crippen molar-refractivity contribution in [1.29, 1.82) is 0 Å². The van der Waals surface area contributed by atoms with Crippen molar-refractivity contribution in [2.75, 3.05) is 7.11 Å². The van der Waals surface area contributed by atoms with Crippen molar-refractivity contribution in [1.82, 2.24) is 4.98 Å². The molecule has 0 saturated heterocycles. The lowest BCUT2D eigenvalue weighted by molar-refractivity contribution is 0.411. The van der Waals surface area contributed by atoms with Crippen LogP contribution in [-0.4, -0.2) is 12.1 Å². The maximum absolute atomic E-state index is 6.16. The molecule has 0 aliphatic rings. The molecule has 0 atom stereocenters. The quantitative estimate of drug-likeness (QED) is 0.371. The fourth-order valence-corrected chi connectivity index (χ4v) is 3.72. The molecule has 0 spiro atoms. The predicted molar refractivity (Wildman–Crippen MR) is 110 cm³/mol. The van der Waals surface area contributed by atoms with Crippen LogP contribution in [0.3, 0.4) is 0 Å². The molecule has 0 N–H and O–H groups in total. The highest BCUT2D eigenvalue weighted by Gasteiger charge is 2.17. The number of methoxy groups -OCH3 is 1. The third-order valence-electron chi connectivity index (χ3n) is 4.23. The van der Waals surface area contributed by atoms with Crippen LogP contribution < -0.4 is 4.74 Å². The van der Waals surface area contributed by atoms with E-state index in [-0.39, 0.29) is 0 Å². The molecule has 1 heterocycles. The van der Waals surface area contributed by atoms with Crippen molar-refractivity contribution in [3.8, 4) is 28.3 Å². The van der Waals surface area contributed by atoms with Crippen molar-refractivity contribution < 1.29 is 9.15 Å². The van der Waals surface area contributed by atoms with Crippen LogP contribution in [0.25, 0.3) is 22.6 Å². The molecule has 134 valence electrons. The molecular formula is C23H19NO2S. The molecule has 4 heteroatoms. The van der Waals surface area contributed by atoms with Crippen LogP contribution in [0.4, 0.5) is 0 Å². The Bertz CT molecular complexity index is 956. The van der Waals surface area contributed by atoms with E-state index in [0.717, 1.165) is 39.6 Å². The fourth-order valence-electron chi connectivity index (χ4n) is 2.90. The highest BCUT2D eigenvalue weighted by molar-refractivity contribution is 7.98. The number of nitrogens with zero attached hydrogens (tertiary/aromatic N) is 1. The normalized spacial score (nSPS) is 10.7. The lowest BCUT2D eigenvalue weighted by Gasteiger charge is -2.05. The second kappa shape index (κ2) is 8.14. The van der Waals surface area contributed by atoms with E-state index in [2.05, 4.69) is 18.2 Å². The maximum Gasteiger partial charge on any atom is 0.257 e. The van der Waals surface area contributed by atoms with E-state index in [4.69, 9.17) is 14.1 Å². The summed E-state index contributed by atoms with van der Waals surface area (Å²) >= 11 is 1.57. The van der Waals surface area contributed by atoms with E-state index in [1.165, 1.54) is 0 Å². The van der Waals surface area contributed by atoms with Crippen molar-refractivity contribution in [3.05, 3.63) is 90.5 Å². The number of benzene rings is 3. The van der Waals surface area contributed by atoms with Gasteiger partial charge in [-0.15, -0.1) is 0 Å². The van der Waals surface area contributed by atoms with Crippen LogP contribution in [0.1, 0.15) is 5.56 Å². The second-order valence-electron chi connectivity index (χ2n) is 5.99. The highest BCUT2D eigenvalue weighted by Crippen LogP contribution is 2.37. The zero-order chi connectivity index (χ0) is 18.5. The molecule has 0 unspecified atom stereocenters. The summed E-state index contributed by atoms with van der Waals surface area (Å²) in [4.78, 5) is 4.78. The lowest BCUT2D eigenvalue weighted by Crippen LogP contribution is -1.89. The number of oxazole rings is 1. The van der Waals surface area contributed by atoms with E-state index in [9.17, 15) is 0 Å². The molecule has 0 bridgehead atoms. The Kier molecular flexibility index (Phi) is 5.26. The zero-order valence-electron chi connectivity index (χ0n) is 15.0.